The van der Waals surface area contributed by atoms with Gasteiger partial charge in [-0.05, 0) is 66.9 Å². The summed E-state index contributed by atoms with van der Waals surface area (Å²) in [5.74, 6) is 1.26. The molecule has 0 fully saturated rings. The Balaban J connectivity index is 1.47. The highest BCUT2D eigenvalue weighted by atomic mass is 79.9. The van der Waals surface area contributed by atoms with Crippen LogP contribution in [-0.4, -0.2) is 33.5 Å². The van der Waals surface area contributed by atoms with Crippen molar-refractivity contribution in [3.8, 4) is 5.75 Å². The van der Waals surface area contributed by atoms with Crippen LogP contribution in [0.15, 0.2) is 87.4 Å². The first kappa shape index (κ1) is 25.2. The van der Waals surface area contributed by atoms with Crippen molar-refractivity contribution in [3.63, 3.8) is 0 Å². The van der Waals surface area contributed by atoms with Gasteiger partial charge in [0.2, 0.25) is 17.0 Å². The van der Waals surface area contributed by atoms with E-state index in [1.54, 1.807) is 23.6 Å². The van der Waals surface area contributed by atoms with Crippen LogP contribution < -0.4 is 10.1 Å². The first-order chi connectivity index (χ1) is 17.9. The van der Waals surface area contributed by atoms with E-state index in [2.05, 4.69) is 40.3 Å². The average Bonchev–Trinajstić information content (AvgIpc) is 3.30. The Labute approximate surface area is 228 Å². The molecule has 1 aliphatic heterocycles. The van der Waals surface area contributed by atoms with Crippen molar-refractivity contribution in [2.24, 2.45) is 10.9 Å². The fourth-order valence-electron chi connectivity index (χ4n) is 4.35. The summed E-state index contributed by atoms with van der Waals surface area (Å²) in [6.07, 6.45) is 0. The monoisotopic (exact) mass is 575 g/mol. The number of carbonyl (C=O) groups is 1. The Bertz CT molecular complexity index is 1450. The maximum Gasteiger partial charge on any atom is 0.249 e. The SMILES string of the molecule is COc1ccc(NC(=O)C2C(C)=Nc3nc(SCc4ccccc4C)nn3C2c2ccc(Br)cc2)cc1. The molecule has 7 nitrogen and oxygen atoms in total. The van der Waals surface area contributed by atoms with Gasteiger partial charge in [0.15, 0.2) is 0 Å². The molecule has 5 rings (SSSR count). The third kappa shape index (κ3) is 5.47. The molecular weight excluding hydrogens is 550 g/mol. The molecule has 9 heteroatoms. The normalized spacial score (nSPS) is 16.6. The quantitative estimate of drug-likeness (QED) is 0.251. The molecule has 37 heavy (non-hydrogen) atoms. The Hall–Kier alpha value is -3.43. The fourth-order valence-corrected chi connectivity index (χ4v) is 5.52. The van der Waals surface area contributed by atoms with Gasteiger partial charge in [0.05, 0.1) is 13.2 Å². The van der Waals surface area contributed by atoms with E-state index in [1.807, 2.05) is 67.6 Å². The van der Waals surface area contributed by atoms with Crippen LogP contribution in [0.5, 0.6) is 5.75 Å². The van der Waals surface area contributed by atoms with E-state index in [-0.39, 0.29) is 11.9 Å². The van der Waals surface area contributed by atoms with Gasteiger partial charge >= 0.3 is 0 Å². The second kappa shape index (κ2) is 10.9. The Kier molecular flexibility index (Phi) is 7.43. The molecule has 2 unspecified atom stereocenters. The summed E-state index contributed by atoms with van der Waals surface area (Å²) in [5, 5.41) is 8.50. The maximum atomic E-state index is 13.6. The van der Waals surface area contributed by atoms with Gasteiger partial charge in [0.25, 0.3) is 0 Å². The van der Waals surface area contributed by atoms with Crippen molar-refractivity contribution in [2.45, 2.75) is 30.8 Å². The summed E-state index contributed by atoms with van der Waals surface area (Å²) < 4.78 is 7.98. The highest BCUT2D eigenvalue weighted by Crippen LogP contribution is 2.38. The summed E-state index contributed by atoms with van der Waals surface area (Å²) in [5.41, 5.74) is 4.80. The standard InChI is InChI=1S/C28H26BrN5O2S/c1-17-6-4-5-7-20(17)16-37-28-32-27-30-18(2)24(26(35)31-22-12-14-23(36-3)15-13-22)25(34(27)33-28)19-8-10-21(29)11-9-19/h4-15,24-25H,16H2,1-3H3,(H,31,35). The van der Waals surface area contributed by atoms with Crippen molar-refractivity contribution in [2.75, 3.05) is 12.4 Å². The largest absolute Gasteiger partial charge is 0.497 e. The number of nitrogens with zero attached hydrogens (tertiary/aromatic N) is 4. The predicted octanol–water partition coefficient (Wildman–Crippen LogP) is 6.60. The number of aliphatic imine (C=N–C) groups is 1. The maximum absolute atomic E-state index is 13.6. The molecule has 0 aliphatic carbocycles. The number of halogens is 1. The number of thioether (sulfide) groups is 1. The van der Waals surface area contributed by atoms with Gasteiger partial charge in [-0.3, -0.25) is 4.79 Å². The van der Waals surface area contributed by atoms with Crippen LogP contribution in [0.3, 0.4) is 0 Å². The van der Waals surface area contributed by atoms with Crippen LogP contribution in [0, 0.1) is 12.8 Å². The number of hydrogen-bond donors (Lipinski definition) is 1. The van der Waals surface area contributed by atoms with E-state index in [4.69, 9.17) is 19.8 Å². The lowest BCUT2D eigenvalue weighted by atomic mass is 9.87. The number of fused-ring (bicyclic) bond motifs is 1. The smallest absolute Gasteiger partial charge is 0.249 e. The van der Waals surface area contributed by atoms with Crippen molar-refractivity contribution < 1.29 is 9.53 Å². The number of ether oxygens (including phenoxy) is 1. The van der Waals surface area contributed by atoms with Gasteiger partial charge in [0.1, 0.15) is 11.7 Å². The van der Waals surface area contributed by atoms with Gasteiger partial charge in [-0.25, -0.2) is 9.67 Å². The molecule has 0 saturated carbocycles. The number of aryl methyl sites for hydroxylation is 1. The van der Waals surface area contributed by atoms with E-state index < -0.39 is 5.92 Å². The molecule has 0 saturated heterocycles. The zero-order chi connectivity index (χ0) is 25.9. The molecule has 4 aromatic rings. The van der Waals surface area contributed by atoms with Gasteiger partial charge < -0.3 is 10.1 Å². The van der Waals surface area contributed by atoms with E-state index in [1.165, 1.54) is 11.1 Å². The molecule has 0 radical (unpaired) electrons. The molecule has 1 aromatic heterocycles. The molecule has 1 aliphatic rings. The highest BCUT2D eigenvalue weighted by molar-refractivity contribution is 9.10. The van der Waals surface area contributed by atoms with Gasteiger partial charge in [0, 0.05) is 21.6 Å². The highest BCUT2D eigenvalue weighted by Gasteiger charge is 2.39. The minimum atomic E-state index is -0.563. The van der Waals surface area contributed by atoms with Gasteiger partial charge in [-0.15, -0.1) is 5.10 Å². The molecule has 1 amide bonds. The van der Waals surface area contributed by atoms with E-state index in [0.717, 1.165) is 21.5 Å². The Morgan fingerprint density at radius 3 is 2.49 bits per heavy atom. The van der Waals surface area contributed by atoms with Crippen LogP contribution in [0.1, 0.15) is 29.7 Å². The first-order valence-corrected chi connectivity index (χ1v) is 13.6. The molecule has 188 valence electrons. The van der Waals surface area contributed by atoms with E-state index >= 15 is 0 Å². The number of carbonyl (C=O) groups excluding carboxylic acids is 1. The number of aromatic nitrogens is 3. The number of hydrogen-bond acceptors (Lipinski definition) is 6. The average molecular weight is 577 g/mol. The zero-order valence-electron chi connectivity index (χ0n) is 20.7. The lowest BCUT2D eigenvalue weighted by molar-refractivity contribution is -0.118. The van der Waals surface area contributed by atoms with Crippen LogP contribution in [0.2, 0.25) is 0 Å². The predicted molar refractivity (Wildman–Crippen MR) is 151 cm³/mol. The summed E-state index contributed by atoms with van der Waals surface area (Å²) in [4.78, 5) is 23.1. The Morgan fingerprint density at radius 2 is 1.78 bits per heavy atom. The van der Waals surface area contributed by atoms with E-state index in [9.17, 15) is 4.79 Å². The van der Waals surface area contributed by atoms with E-state index in [0.29, 0.717) is 22.5 Å². The zero-order valence-corrected chi connectivity index (χ0v) is 23.1. The third-order valence-corrected chi connectivity index (χ3v) is 7.78. The summed E-state index contributed by atoms with van der Waals surface area (Å²) in [6, 6.07) is 23.1. The minimum absolute atomic E-state index is 0.158. The molecule has 2 heterocycles. The second-order valence-corrected chi connectivity index (χ2v) is 10.7. The third-order valence-electron chi connectivity index (χ3n) is 6.37. The van der Waals surface area contributed by atoms with Crippen molar-refractivity contribution in [1.29, 1.82) is 0 Å². The van der Waals surface area contributed by atoms with Crippen LogP contribution >= 0.6 is 27.7 Å². The number of nitrogens with one attached hydrogen (secondary N) is 1. The molecule has 0 bridgehead atoms. The lowest BCUT2D eigenvalue weighted by Crippen LogP contribution is -2.39. The molecule has 0 spiro atoms. The molecular formula is C28H26BrN5O2S. The molecule has 1 N–H and O–H groups in total. The van der Waals surface area contributed by atoms with Crippen LogP contribution in [-0.2, 0) is 10.5 Å². The number of anilines is 1. The van der Waals surface area contributed by atoms with Gasteiger partial charge in [-0.2, -0.15) is 4.98 Å². The van der Waals surface area contributed by atoms with Gasteiger partial charge in [-0.1, -0.05) is 64.1 Å². The van der Waals surface area contributed by atoms with Crippen molar-refractivity contribution in [3.05, 3.63) is 94.0 Å². The van der Waals surface area contributed by atoms with Crippen molar-refractivity contribution in [1.82, 2.24) is 14.8 Å². The summed E-state index contributed by atoms with van der Waals surface area (Å²) >= 11 is 5.08. The summed E-state index contributed by atoms with van der Waals surface area (Å²) in [7, 11) is 1.61. The number of benzene rings is 3. The first-order valence-electron chi connectivity index (χ1n) is 11.8. The molecule has 2 atom stereocenters. The van der Waals surface area contributed by atoms with Crippen molar-refractivity contribution >= 4 is 50.9 Å². The van der Waals surface area contributed by atoms with Crippen LogP contribution in [0.25, 0.3) is 0 Å². The van der Waals surface area contributed by atoms with Crippen LogP contribution in [0.4, 0.5) is 11.6 Å². The number of methoxy groups -OCH3 is 1. The second-order valence-electron chi connectivity index (χ2n) is 8.80. The minimum Gasteiger partial charge on any atom is -0.497 e. The topological polar surface area (TPSA) is 81.4 Å². The Morgan fingerprint density at radius 1 is 1.05 bits per heavy atom. The number of rotatable bonds is 7. The number of amides is 1. The summed E-state index contributed by atoms with van der Waals surface area (Å²) in [6.45, 7) is 3.98. The fraction of sp³-hybridized carbons (Fsp3) is 0.214. The molecule has 3 aromatic carbocycles. The lowest BCUT2D eigenvalue weighted by Gasteiger charge is -2.30.